The Morgan fingerprint density at radius 1 is 1.42 bits per heavy atom. The van der Waals surface area contributed by atoms with Gasteiger partial charge in [-0.3, -0.25) is 9.78 Å². The minimum atomic E-state index is 0.618. The predicted octanol–water partition coefficient (Wildman–Crippen LogP) is 2.56. The first-order chi connectivity index (χ1) is 5.66. The van der Waals surface area contributed by atoms with Gasteiger partial charge in [-0.2, -0.15) is 0 Å². The molecule has 1 heterocycles. The van der Waals surface area contributed by atoms with Gasteiger partial charge in [0.2, 0.25) is 0 Å². The number of hydrogen-bond donors (Lipinski definition) is 0. The molecule has 2 heteroatoms. The fraction of sp³-hybridized carbons (Fsp3) is 0.400. The third-order valence-electron chi connectivity index (χ3n) is 0.820. The van der Waals surface area contributed by atoms with Crippen molar-refractivity contribution in [3.8, 4) is 0 Å². The van der Waals surface area contributed by atoms with Crippen LogP contribution in [0.4, 0.5) is 0 Å². The van der Waals surface area contributed by atoms with Crippen LogP contribution in [0.2, 0.25) is 0 Å². The van der Waals surface area contributed by atoms with Gasteiger partial charge >= 0.3 is 0 Å². The Morgan fingerprint density at radius 3 is 2.25 bits per heavy atom. The molecule has 2 nitrogen and oxygen atoms in total. The van der Waals surface area contributed by atoms with Crippen molar-refractivity contribution in [3.63, 3.8) is 0 Å². The Labute approximate surface area is 73.6 Å². The summed E-state index contributed by atoms with van der Waals surface area (Å²) in [5, 5.41) is 0. The zero-order chi connectivity index (χ0) is 9.40. The van der Waals surface area contributed by atoms with Gasteiger partial charge in [0.1, 0.15) is 0 Å². The number of carbonyl (C=O) groups is 1. The molecule has 12 heavy (non-hydrogen) atoms. The van der Waals surface area contributed by atoms with Crippen molar-refractivity contribution in [1.82, 2.24) is 4.98 Å². The largest absolute Gasteiger partial charge is 0.298 e. The van der Waals surface area contributed by atoms with E-state index >= 15 is 0 Å². The van der Waals surface area contributed by atoms with Crippen LogP contribution in [0.1, 0.15) is 31.1 Å². The van der Waals surface area contributed by atoms with Crippen LogP contribution >= 0.6 is 0 Å². The molecule has 0 amide bonds. The lowest BCUT2D eigenvalue weighted by atomic mass is 10.3. The summed E-state index contributed by atoms with van der Waals surface area (Å²) in [6.45, 7) is 6.50. The minimum Gasteiger partial charge on any atom is -0.298 e. The van der Waals surface area contributed by atoms with E-state index in [9.17, 15) is 4.79 Å². The summed E-state index contributed by atoms with van der Waals surface area (Å²) < 4.78 is 0. The van der Waals surface area contributed by atoms with Crippen molar-refractivity contribution < 1.29 is 4.79 Å². The zero-order valence-electron chi connectivity index (χ0n) is 7.82. The summed E-state index contributed by atoms with van der Waals surface area (Å²) in [5.41, 5.74) is 0.618. The number of pyridine rings is 1. The van der Waals surface area contributed by atoms with Crippen molar-refractivity contribution >= 4 is 6.29 Å². The van der Waals surface area contributed by atoms with E-state index in [0.717, 1.165) is 12.2 Å². The second kappa shape index (κ2) is 6.53. The van der Waals surface area contributed by atoms with Crippen LogP contribution in [0.5, 0.6) is 0 Å². The van der Waals surface area contributed by atoms with E-state index in [4.69, 9.17) is 0 Å². The first-order valence-electron chi connectivity index (χ1n) is 4.02. The van der Waals surface area contributed by atoms with E-state index < -0.39 is 0 Å². The second-order valence-corrected chi connectivity index (χ2v) is 3.14. The third-order valence-corrected chi connectivity index (χ3v) is 0.820. The van der Waals surface area contributed by atoms with Crippen LogP contribution in [0.3, 0.4) is 0 Å². The zero-order valence-corrected chi connectivity index (χ0v) is 7.82. The SMILES string of the molecule is CC(C)C.O=Cc1cccnc1. The number of carbonyl (C=O) groups excluding carboxylic acids is 1. The maximum atomic E-state index is 9.97. The van der Waals surface area contributed by atoms with E-state index in [0.29, 0.717) is 5.56 Å². The molecule has 0 saturated heterocycles. The molecule has 1 aromatic rings. The molecule has 0 aliphatic rings. The highest BCUT2D eigenvalue weighted by molar-refractivity contribution is 5.73. The Hall–Kier alpha value is -1.18. The first kappa shape index (κ1) is 10.8. The molecule has 0 bridgehead atoms. The molecule has 0 fully saturated rings. The Balaban J connectivity index is 0.000000261. The van der Waals surface area contributed by atoms with Gasteiger partial charge in [0.15, 0.2) is 6.29 Å². The fourth-order valence-electron chi connectivity index (χ4n) is 0.446. The highest BCUT2D eigenvalue weighted by Crippen LogP contribution is 1.87. The van der Waals surface area contributed by atoms with Crippen molar-refractivity contribution in [2.75, 3.05) is 0 Å². The highest BCUT2D eigenvalue weighted by atomic mass is 16.1. The van der Waals surface area contributed by atoms with Crippen molar-refractivity contribution in [3.05, 3.63) is 30.1 Å². The van der Waals surface area contributed by atoms with Gasteiger partial charge in [-0.25, -0.2) is 0 Å². The minimum absolute atomic E-state index is 0.618. The number of nitrogens with zero attached hydrogens (tertiary/aromatic N) is 1. The van der Waals surface area contributed by atoms with E-state index in [1.54, 1.807) is 18.3 Å². The molecule has 0 atom stereocenters. The van der Waals surface area contributed by atoms with Gasteiger partial charge in [0.25, 0.3) is 0 Å². The van der Waals surface area contributed by atoms with Gasteiger partial charge in [0, 0.05) is 18.0 Å². The Morgan fingerprint density at radius 2 is 2.00 bits per heavy atom. The van der Waals surface area contributed by atoms with Crippen molar-refractivity contribution in [2.45, 2.75) is 20.8 Å². The maximum absolute atomic E-state index is 9.97. The van der Waals surface area contributed by atoms with Crippen LogP contribution in [-0.4, -0.2) is 11.3 Å². The van der Waals surface area contributed by atoms with Crippen LogP contribution in [-0.2, 0) is 0 Å². The molecule has 0 aromatic carbocycles. The average molecular weight is 165 g/mol. The highest BCUT2D eigenvalue weighted by Gasteiger charge is 1.81. The second-order valence-electron chi connectivity index (χ2n) is 3.14. The van der Waals surface area contributed by atoms with E-state index in [1.165, 1.54) is 6.20 Å². The Kier molecular flexibility index (Phi) is 5.88. The quantitative estimate of drug-likeness (QED) is 0.598. The van der Waals surface area contributed by atoms with Gasteiger partial charge in [-0.15, -0.1) is 0 Å². The van der Waals surface area contributed by atoms with Crippen molar-refractivity contribution in [1.29, 1.82) is 0 Å². The molecular weight excluding hydrogens is 150 g/mol. The topological polar surface area (TPSA) is 30.0 Å². The first-order valence-corrected chi connectivity index (χ1v) is 4.02. The lowest BCUT2D eigenvalue weighted by Gasteiger charge is -1.81. The molecule has 1 rings (SSSR count). The van der Waals surface area contributed by atoms with Gasteiger partial charge in [-0.1, -0.05) is 20.8 Å². The molecule has 66 valence electrons. The Bertz CT molecular complexity index is 204. The lowest BCUT2D eigenvalue weighted by Crippen LogP contribution is -1.77. The molecule has 0 aliphatic heterocycles. The molecule has 0 unspecified atom stereocenters. The van der Waals surface area contributed by atoms with Gasteiger partial charge in [-0.05, 0) is 18.1 Å². The molecule has 0 spiro atoms. The van der Waals surface area contributed by atoms with Gasteiger partial charge < -0.3 is 0 Å². The van der Waals surface area contributed by atoms with Crippen LogP contribution in [0, 0.1) is 5.92 Å². The lowest BCUT2D eigenvalue weighted by molar-refractivity contribution is 0.112. The molecule has 1 aromatic heterocycles. The van der Waals surface area contributed by atoms with E-state index in [1.807, 2.05) is 0 Å². The summed E-state index contributed by atoms with van der Waals surface area (Å²) in [6, 6.07) is 3.43. The molecule has 0 radical (unpaired) electrons. The normalized spacial score (nSPS) is 8.67. The standard InChI is InChI=1S/C6H5NO.C4H10/c8-5-6-2-1-3-7-4-6;1-4(2)3/h1-5H;4H,1-3H3. The number of rotatable bonds is 1. The maximum Gasteiger partial charge on any atom is 0.151 e. The predicted molar refractivity (Wildman–Crippen MR) is 50.1 cm³/mol. The summed E-state index contributed by atoms with van der Waals surface area (Å²) in [6.07, 6.45) is 3.92. The molecule has 0 aliphatic carbocycles. The number of hydrogen-bond acceptors (Lipinski definition) is 2. The molecular formula is C10H15NO. The smallest absolute Gasteiger partial charge is 0.151 e. The average Bonchev–Trinajstić information content (AvgIpc) is 2.05. The van der Waals surface area contributed by atoms with Crippen molar-refractivity contribution in [2.24, 2.45) is 5.92 Å². The molecule has 0 N–H and O–H groups in total. The van der Waals surface area contributed by atoms with E-state index in [-0.39, 0.29) is 0 Å². The fourth-order valence-corrected chi connectivity index (χ4v) is 0.446. The third kappa shape index (κ3) is 6.93. The summed E-state index contributed by atoms with van der Waals surface area (Å²) in [4.78, 5) is 13.7. The van der Waals surface area contributed by atoms with Crippen LogP contribution in [0.25, 0.3) is 0 Å². The molecule has 0 saturated carbocycles. The summed E-state index contributed by atoms with van der Waals surface area (Å²) >= 11 is 0. The van der Waals surface area contributed by atoms with Crippen LogP contribution in [0.15, 0.2) is 24.5 Å². The summed E-state index contributed by atoms with van der Waals surface area (Å²) in [7, 11) is 0. The monoisotopic (exact) mass is 165 g/mol. The van der Waals surface area contributed by atoms with Crippen LogP contribution < -0.4 is 0 Å². The van der Waals surface area contributed by atoms with E-state index in [2.05, 4.69) is 25.8 Å². The summed E-state index contributed by atoms with van der Waals surface area (Å²) in [5.74, 6) is 0.833. The van der Waals surface area contributed by atoms with Gasteiger partial charge in [0.05, 0.1) is 0 Å². The number of aromatic nitrogens is 1. The number of aldehydes is 1.